The fraction of sp³-hybridized carbons (Fsp3) is 0.524. The number of piperazine rings is 2. The second kappa shape index (κ2) is 39.2. The number of aromatic nitrogens is 1. The van der Waals surface area contributed by atoms with Gasteiger partial charge in [0.15, 0.2) is 0 Å². The molecule has 5 amide bonds. The molecule has 22 nitrogen and oxygen atoms in total. The van der Waals surface area contributed by atoms with Gasteiger partial charge in [0.1, 0.15) is 17.0 Å². The molecule has 5 heterocycles. The summed E-state index contributed by atoms with van der Waals surface area (Å²) in [7, 11) is -11.0. The van der Waals surface area contributed by atoms with Crippen LogP contribution in [-0.2, 0) is 43.8 Å². The molecule has 1 aromatic heterocycles. The van der Waals surface area contributed by atoms with Crippen molar-refractivity contribution in [3.05, 3.63) is 160 Å². The van der Waals surface area contributed by atoms with E-state index in [1.807, 2.05) is 116 Å². The average Bonchev–Trinajstić information content (AvgIpc) is 1.42. The number of nitrogens with one attached hydrogen (secondary N) is 4. The lowest BCUT2D eigenvalue weighted by Gasteiger charge is -2.44. The van der Waals surface area contributed by atoms with E-state index in [9.17, 15) is 59.1 Å². The number of unbranched alkanes of at least 4 members (excludes halogenated alkanes) is 5. The second-order valence-electron chi connectivity index (χ2n) is 32.3. The van der Waals surface area contributed by atoms with Crippen molar-refractivity contribution in [2.24, 2.45) is 10.8 Å². The van der Waals surface area contributed by atoms with Crippen LogP contribution in [0.4, 0.5) is 24.5 Å². The summed E-state index contributed by atoms with van der Waals surface area (Å²) in [5.41, 5.74) is 2.47. The van der Waals surface area contributed by atoms with E-state index >= 15 is 0 Å². The molecule has 5 N–H and O–H groups in total. The van der Waals surface area contributed by atoms with Gasteiger partial charge in [0.2, 0.25) is 23.6 Å². The lowest BCUT2D eigenvalue weighted by Crippen LogP contribution is -2.57. The summed E-state index contributed by atoms with van der Waals surface area (Å²) in [4.78, 5) is 85.7. The molecule has 0 radical (unpaired) electrons. The lowest BCUT2D eigenvalue weighted by molar-refractivity contribution is -0.144. The van der Waals surface area contributed by atoms with E-state index in [-0.39, 0.29) is 54.1 Å². The van der Waals surface area contributed by atoms with Gasteiger partial charge in [0, 0.05) is 144 Å². The number of aryl methyl sites for hydroxylation is 1. The second-order valence-corrected chi connectivity index (χ2v) is 38.3. The fourth-order valence-electron chi connectivity index (χ4n) is 15.9. The molecule has 6 unspecified atom stereocenters. The van der Waals surface area contributed by atoms with Crippen molar-refractivity contribution in [2.75, 3.05) is 121 Å². The molecular weight excluding hydrogens is 1560 g/mol. The molecule has 1 aliphatic carbocycles. The summed E-state index contributed by atoms with van der Waals surface area (Å²) in [6, 6.07) is 31.5. The number of sulfonamides is 1. The SMILES string of the molecule is Cc1ncsc1-c1ccc(C(C)NC(=O)C2CC(O)CN2C(=O)C(NC(=O)CCCCCCCCC(=O)N2CCN(CC3(C)CCC(c4ccc(Cl)cc4)=C(CN4CCN(c5ccc(C(=O)NS(=O)(=O)c6ccc(NC(CCN7CCOCC7)CSc7ccccc7)c(S(=O)(=O)C(F)(F)F)c6)cc5)CC4)C3)CC2)C(C)(C)C)cc1. The van der Waals surface area contributed by atoms with Crippen LogP contribution in [0.2, 0.25) is 5.02 Å². The van der Waals surface area contributed by atoms with Crippen LogP contribution in [0.1, 0.15) is 151 Å². The van der Waals surface area contributed by atoms with E-state index in [0.29, 0.717) is 95.1 Å². The van der Waals surface area contributed by atoms with Crippen molar-refractivity contribution in [2.45, 2.75) is 175 Å². The number of alkyl halides is 3. The Morgan fingerprint density at radius 2 is 1.41 bits per heavy atom. The van der Waals surface area contributed by atoms with Gasteiger partial charge in [-0.05, 0) is 152 Å². The molecular formula is C84H109ClF3N11O11S4. The molecule has 4 fully saturated rings. The number of carbonyl (C=O) groups is 5. The Bertz CT molecular complexity index is 4540. The van der Waals surface area contributed by atoms with E-state index in [4.69, 9.17) is 16.3 Å². The number of allylic oxidation sites excluding steroid dienone is 1. The first-order valence-electron chi connectivity index (χ1n) is 39.7. The van der Waals surface area contributed by atoms with Gasteiger partial charge in [-0.3, -0.25) is 38.7 Å². The summed E-state index contributed by atoms with van der Waals surface area (Å²) >= 11 is 9.41. The van der Waals surface area contributed by atoms with Crippen LogP contribution in [0.3, 0.4) is 0 Å². The highest BCUT2D eigenvalue weighted by Crippen LogP contribution is 2.45. The van der Waals surface area contributed by atoms with Gasteiger partial charge in [-0.1, -0.05) is 125 Å². The Morgan fingerprint density at radius 1 is 0.763 bits per heavy atom. The average molecular weight is 1670 g/mol. The Hall–Kier alpha value is -7.45. The number of nitrogens with zero attached hydrogens (tertiary/aromatic N) is 7. The molecule has 6 aromatic rings. The van der Waals surface area contributed by atoms with Crippen LogP contribution in [-0.4, -0.2) is 221 Å². The number of hydrogen-bond acceptors (Lipinski definition) is 19. The van der Waals surface area contributed by atoms with E-state index < -0.39 is 82.3 Å². The Morgan fingerprint density at radius 3 is 2.06 bits per heavy atom. The molecule has 4 saturated heterocycles. The van der Waals surface area contributed by atoms with Gasteiger partial charge in [-0.25, -0.2) is 26.5 Å². The van der Waals surface area contributed by atoms with Gasteiger partial charge >= 0.3 is 5.51 Å². The number of benzene rings is 5. The number of thioether (sulfide) groups is 1. The van der Waals surface area contributed by atoms with Crippen LogP contribution >= 0.6 is 34.7 Å². The first-order valence-corrected chi connectivity index (χ1v) is 44.9. The van der Waals surface area contributed by atoms with Gasteiger partial charge in [0.05, 0.1) is 52.0 Å². The molecule has 30 heteroatoms. The van der Waals surface area contributed by atoms with Crippen molar-refractivity contribution >= 4 is 101 Å². The molecule has 0 bridgehead atoms. The topological polar surface area (TPSA) is 264 Å². The summed E-state index contributed by atoms with van der Waals surface area (Å²) in [6.07, 6.45) is 8.19. The fourth-order valence-corrected chi connectivity index (χ4v) is 19.9. The summed E-state index contributed by atoms with van der Waals surface area (Å²) in [5.74, 6) is -1.53. The normalized spacial score (nSPS) is 20.0. The molecule has 114 heavy (non-hydrogen) atoms. The van der Waals surface area contributed by atoms with Crippen molar-refractivity contribution in [3.8, 4) is 10.4 Å². The predicted molar refractivity (Wildman–Crippen MR) is 443 cm³/mol. The predicted octanol–water partition coefficient (Wildman–Crippen LogP) is 12.9. The number of anilines is 2. The highest BCUT2D eigenvalue weighted by molar-refractivity contribution is 7.99. The third-order valence-electron chi connectivity index (χ3n) is 22.5. The molecule has 11 rings (SSSR count). The van der Waals surface area contributed by atoms with Gasteiger partial charge in [-0.15, -0.1) is 23.1 Å². The quantitative estimate of drug-likeness (QED) is 0.0189. The summed E-state index contributed by atoms with van der Waals surface area (Å²) < 4.78 is 105. The smallest absolute Gasteiger partial charge is 0.391 e. The zero-order chi connectivity index (χ0) is 81.5. The van der Waals surface area contributed by atoms with Crippen LogP contribution < -0.4 is 25.6 Å². The Balaban J connectivity index is 0.603. The number of sulfone groups is 1. The maximum Gasteiger partial charge on any atom is 0.501 e. The number of β-amino-alcohol motifs (C(OH)–C–C–N with tert-alkyl or cyclic N) is 1. The molecule has 4 aliphatic heterocycles. The Labute approximate surface area is 682 Å². The molecule has 618 valence electrons. The molecule has 0 spiro atoms. The minimum atomic E-state index is -6.11. The Kier molecular flexibility index (Phi) is 30.1. The number of morpholine rings is 1. The van der Waals surface area contributed by atoms with E-state index in [1.165, 1.54) is 39.9 Å². The van der Waals surface area contributed by atoms with Crippen molar-refractivity contribution in [1.82, 2.24) is 44.8 Å². The van der Waals surface area contributed by atoms with Crippen molar-refractivity contribution in [3.63, 3.8) is 0 Å². The van der Waals surface area contributed by atoms with Crippen LogP contribution in [0.15, 0.2) is 147 Å². The number of aliphatic hydroxyl groups is 1. The van der Waals surface area contributed by atoms with Crippen LogP contribution in [0.25, 0.3) is 16.0 Å². The zero-order valence-electron chi connectivity index (χ0n) is 66.0. The number of amides is 5. The van der Waals surface area contributed by atoms with Crippen LogP contribution in [0, 0.1) is 17.8 Å². The number of halogens is 4. The largest absolute Gasteiger partial charge is 0.501 e. The monoisotopic (exact) mass is 1670 g/mol. The van der Waals surface area contributed by atoms with E-state index in [0.717, 1.165) is 141 Å². The third-order valence-corrected chi connectivity index (χ3v) is 27.7. The van der Waals surface area contributed by atoms with E-state index in [2.05, 4.69) is 59.6 Å². The number of likely N-dealkylation sites (tertiary alicyclic amines) is 1. The van der Waals surface area contributed by atoms with Crippen LogP contribution in [0.5, 0.6) is 0 Å². The van der Waals surface area contributed by atoms with Gasteiger partial charge in [0.25, 0.3) is 25.8 Å². The van der Waals surface area contributed by atoms with Crippen molar-refractivity contribution in [1.29, 1.82) is 0 Å². The molecule has 5 aromatic carbocycles. The summed E-state index contributed by atoms with van der Waals surface area (Å²) in [6.45, 7) is 22.2. The minimum Gasteiger partial charge on any atom is -0.391 e. The standard InChI is InChI=1S/C84H109ClF3N11O11S4/c1-58(60-20-22-62(23-21-60)77-59(2)89-57-112-77)90-80(104)73-50-68(100)54-99(73)81(105)78(82(3,4)5)92-75(101)18-14-9-7-8-10-15-19-76(102)98-44-40-96(41-45-98)56-83(6)36-34-71(61-24-28-65(85)29-25-61)64(52-83)53-95-38-42-97(43-39-95)67-30-26-63(27-31-67)79(103)93-114(108,109)70-32-33-72(74(51-70)113(106,107)84(86,87)88)91-66(35-37-94-46-48-110-49-47-94)55-111-69-16-12-11-13-17-69/h11-13,16-17,20-33,51,57-58,66,68,73,78,91,100H,7-10,14-15,18-19,34-50,52-56H2,1-6H3,(H,90,104)(H,92,101)(H,93,103). The number of ether oxygens (including phenoxy) is 1. The number of thiazole rings is 1. The summed E-state index contributed by atoms with van der Waals surface area (Å²) in [5, 5.41) is 20.5. The van der Waals surface area contributed by atoms with Crippen molar-refractivity contribution < 1.29 is 63.8 Å². The highest BCUT2D eigenvalue weighted by Gasteiger charge is 2.49. The highest BCUT2D eigenvalue weighted by atomic mass is 35.5. The number of rotatable bonds is 33. The third kappa shape index (κ3) is 23.5. The van der Waals surface area contributed by atoms with E-state index in [1.54, 1.807) is 23.5 Å². The molecule has 5 aliphatic rings. The maximum absolute atomic E-state index is 14.4. The lowest BCUT2D eigenvalue weighted by atomic mass is 9.71. The maximum atomic E-state index is 14.4. The van der Waals surface area contributed by atoms with Gasteiger partial charge < -0.3 is 40.5 Å². The number of carbonyl (C=O) groups excluding carboxylic acids is 5. The molecule has 6 atom stereocenters. The van der Waals surface area contributed by atoms with Gasteiger partial charge in [-0.2, -0.15) is 13.2 Å². The minimum absolute atomic E-state index is 0.00720. The number of aliphatic hydroxyl groups excluding tert-OH is 1. The first kappa shape index (κ1) is 87.4. The zero-order valence-corrected chi connectivity index (χ0v) is 70.1. The molecule has 0 saturated carbocycles. The first-order chi connectivity index (χ1) is 54.3. The number of hydrogen-bond donors (Lipinski definition) is 5.